The largest absolute Gasteiger partial charge is 0.382 e. The van der Waals surface area contributed by atoms with Crippen LogP contribution in [0, 0.1) is 13.8 Å². The molecule has 0 aliphatic carbocycles. The van der Waals surface area contributed by atoms with Crippen LogP contribution in [0.1, 0.15) is 24.5 Å². The Morgan fingerprint density at radius 2 is 2.00 bits per heavy atom. The molecule has 1 N–H and O–H groups in total. The van der Waals surface area contributed by atoms with Crippen LogP contribution >= 0.6 is 11.8 Å². The first-order valence-corrected chi connectivity index (χ1v) is 11.1. The van der Waals surface area contributed by atoms with Crippen LogP contribution in [0.5, 0.6) is 0 Å². The number of nitrogens with one attached hydrogen (secondary N) is 1. The molecule has 1 heterocycles. The second-order valence-electron chi connectivity index (χ2n) is 7.07. The molecule has 0 aliphatic heterocycles. The third-order valence-corrected chi connectivity index (χ3v) is 5.67. The number of ether oxygens (including phenoxy) is 1. The van der Waals surface area contributed by atoms with E-state index in [0.29, 0.717) is 42.2 Å². The lowest BCUT2D eigenvalue weighted by Crippen LogP contribution is -2.25. The average molecular weight is 426 g/mol. The first-order valence-electron chi connectivity index (χ1n) is 10.1. The zero-order chi connectivity index (χ0) is 21.5. The van der Waals surface area contributed by atoms with Gasteiger partial charge in [0, 0.05) is 25.4 Å². The summed E-state index contributed by atoms with van der Waals surface area (Å²) in [5.41, 5.74) is 3.52. The molecular weight excluding hydrogens is 398 g/mol. The van der Waals surface area contributed by atoms with Gasteiger partial charge in [0.25, 0.3) is 5.56 Å². The molecule has 0 aliphatic rings. The predicted molar refractivity (Wildman–Crippen MR) is 122 cm³/mol. The number of anilines is 1. The zero-order valence-electron chi connectivity index (χ0n) is 17.6. The van der Waals surface area contributed by atoms with E-state index in [1.165, 1.54) is 11.8 Å². The summed E-state index contributed by atoms with van der Waals surface area (Å²) in [5.74, 6) is 0.0408. The summed E-state index contributed by atoms with van der Waals surface area (Å²) in [6.07, 6.45) is 0.704. The molecule has 1 amide bonds. The van der Waals surface area contributed by atoms with Gasteiger partial charge in [-0.1, -0.05) is 41.6 Å². The Kier molecular flexibility index (Phi) is 7.65. The number of aromatic nitrogens is 2. The third kappa shape index (κ3) is 5.49. The lowest BCUT2D eigenvalue weighted by atomic mass is 10.1. The number of aryl methyl sites for hydroxylation is 2. The highest BCUT2D eigenvalue weighted by Crippen LogP contribution is 2.20. The normalized spacial score (nSPS) is 11.0. The van der Waals surface area contributed by atoms with E-state index < -0.39 is 0 Å². The third-order valence-electron chi connectivity index (χ3n) is 4.69. The van der Waals surface area contributed by atoms with Crippen LogP contribution in [0.25, 0.3) is 10.9 Å². The standard InChI is InChI=1S/C23H27N3O3S/c1-4-29-13-7-12-26-22(28)18-8-5-6-9-20(18)25-23(26)30-15-21(27)24-19-11-10-16(2)14-17(19)3/h5-6,8-11,14H,4,7,12-13,15H2,1-3H3,(H,24,27). The number of nitrogens with zero attached hydrogens (tertiary/aromatic N) is 2. The Hall–Kier alpha value is -2.64. The second kappa shape index (κ2) is 10.4. The molecule has 1 aromatic heterocycles. The molecule has 0 saturated heterocycles. The van der Waals surface area contributed by atoms with E-state index in [2.05, 4.69) is 10.3 Å². The van der Waals surface area contributed by atoms with Gasteiger partial charge in [-0.25, -0.2) is 4.98 Å². The molecule has 0 atom stereocenters. The topological polar surface area (TPSA) is 73.2 Å². The van der Waals surface area contributed by atoms with Crippen molar-refractivity contribution in [1.29, 1.82) is 0 Å². The highest BCUT2D eigenvalue weighted by atomic mass is 32.2. The lowest BCUT2D eigenvalue weighted by molar-refractivity contribution is -0.113. The summed E-state index contributed by atoms with van der Waals surface area (Å²) in [4.78, 5) is 30.2. The summed E-state index contributed by atoms with van der Waals surface area (Å²) < 4.78 is 7.05. The van der Waals surface area contributed by atoms with Gasteiger partial charge in [-0.15, -0.1) is 0 Å². The van der Waals surface area contributed by atoms with Crippen molar-refractivity contribution >= 4 is 34.3 Å². The maximum atomic E-state index is 13.0. The van der Waals surface area contributed by atoms with E-state index in [-0.39, 0.29) is 17.2 Å². The molecular formula is C23H27N3O3S. The van der Waals surface area contributed by atoms with Gasteiger partial charge in [0.2, 0.25) is 5.91 Å². The van der Waals surface area contributed by atoms with E-state index >= 15 is 0 Å². The molecule has 0 radical (unpaired) electrons. The highest BCUT2D eigenvalue weighted by Gasteiger charge is 2.14. The van der Waals surface area contributed by atoms with Gasteiger partial charge in [-0.05, 0) is 51.0 Å². The summed E-state index contributed by atoms with van der Waals surface area (Å²) in [6.45, 7) is 7.65. The predicted octanol–water partition coefficient (Wildman–Crippen LogP) is 4.17. The number of thioether (sulfide) groups is 1. The first kappa shape index (κ1) is 22.1. The van der Waals surface area contributed by atoms with Crippen molar-refractivity contribution in [3.8, 4) is 0 Å². The molecule has 6 nitrogen and oxygen atoms in total. The van der Waals surface area contributed by atoms with E-state index in [4.69, 9.17) is 4.74 Å². The SMILES string of the molecule is CCOCCCn1c(SCC(=O)Nc2ccc(C)cc2C)nc2ccccc2c1=O. The monoisotopic (exact) mass is 425 g/mol. The summed E-state index contributed by atoms with van der Waals surface area (Å²) in [5, 5.41) is 4.07. The Bertz CT molecular complexity index is 1090. The molecule has 0 saturated carbocycles. The number of benzene rings is 2. The van der Waals surface area contributed by atoms with E-state index in [0.717, 1.165) is 16.8 Å². The molecule has 7 heteroatoms. The fraction of sp³-hybridized carbons (Fsp3) is 0.348. The van der Waals surface area contributed by atoms with Crippen molar-refractivity contribution in [1.82, 2.24) is 9.55 Å². The fourth-order valence-corrected chi connectivity index (χ4v) is 4.02. The number of para-hydroxylation sites is 1. The average Bonchev–Trinajstić information content (AvgIpc) is 2.73. The molecule has 30 heavy (non-hydrogen) atoms. The minimum atomic E-state index is -0.129. The van der Waals surface area contributed by atoms with Crippen LogP contribution in [0.2, 0.25) is 0 Å². The molecule has 0 unspecified atom stereocenters. The molecule has 0 bridgehead atoms. The number of hydrogen-bond donors (Lipinski definition) is 1. The van der Waals surface area contributed by atoms with Crippen molar-refractivity contribution in [3.05, 3.63) is 63.9 Å². The number of rotatable bonds is 9. The molecule has 3 rings (SSSR count). The Labute approximate surface area is 180 Å². The minimum absolute atomic E-state index is 0.0885. The van der Waals surface area contributed by atoms with E-state index in [9.17, 15) is 9.59 Å². The Morgan fingerprint density at radius 1 is 1.20 bits per heavy atom. The van der Waals surface area contributed by atoms with Gasteiger partial charge in [0.1, 0.15) is 0 Å². The van der Waals surface area contributed by atoms with Crippen LogP contribution in [0.4, 0.5) is 5.69 Å². The summed E-state index contributed by atoms with van der Waals surface area (Å²) in [7, 11) is 0. The van der Waals surface area contributed by atoms with Crippen LogP contribution in [-0.4, -0.2) is 34.4 Å². The summed E-state index contributed by atoms with van der Waals surface area (Å²) >= 11 is 1.28. The smallest absolute Gasteiger partial charge is 0.262 e. The van der Waals surface area contributed by atoms with Gasteiger partial charge in [0.15, 0.2) is 5.16 Å². The van der Waals surface area contributed by atoms with Gasteiger partial charge < -0.3 is 10.1 Å². The van der Waals surface area contributed by atoms with Crippen molar-refractivity contribution in [3.63, 3.8) is 0 Å². The number of hydrogen-bond acceptors (Lipinski definition) is 5. The molecule has 2 aromatic carbocycles. The maximum Gasteiger partial charge on any atom is 0.262 e. The number of carbonyl (C=O) groups is 1. The highest BCUT2D eigenvalue weighted by molar-refractivity contribution is 7.99. The van der Waals surface area contributed by atoms with E-state index in [1.54, 1.807) is 10.6 Å². The van der Waals surface area contributed by atoms with Gasteiger partial charge in [0.05, 0.1) is 16.7 Å². The quantitative estimate of drug-likeness (QED) is 0.316. The zero-order valence-corrected chi connectivity index (χ0v) is 18.4. The minimum Gasteiger partial charge on any atom is -0.382 e. The maximum absolute atomic E-state index is 13.0. The van der Waals surface area contributed by atoms with Crippen LogP contribution < -0.4 is 10.9 Å². The van der Waals surface area contributed by atoms with Gasteiger partial charge in [-0.3, -0.25) is 14.2 Å². The fourth-order valence-electron chi connectivity index (χ4n) is 3.19. The number of carbonyl (C=O) groups excluding carboxylic acids is 1. The molecule has 0 fully saturated rings. The molecule has 0 spiro atoms. The Balaban J connectivity index is 1.77. The lowest BCUT2D eigenvalue weighted by Gasteiger charge is -2.13. The first-order chi connectivity index (χ1) is 14.5. The van der Waals surface area contributed by atoms with Gasteiger partial charge >= 0.3 is 0 Å². The molecule has 158 valence electrons. The second-order valence-corrected chi connectivity index (χ2v) is 8.02. The summed E-state index contributed by atoms with van der Waals surface area (Å²) in [6, 6.07) is 13.2. The molecule has 3 aromatic rings. The van der Waals surface area contributed by atoms with E-state index in [1.807, 2.05) is 57.2 Å². The number of fused-ring (bicyclic) bond motifs is 1. The van der Waals surface area contributed by atoms with Crippen LogP contribution in [0.3, 0.4) is 0 Å². The van der Waals surface area contributed by atoms with Crippen molar-refractivity contribution in [2.45, 2.75) is 38.9 Å². The van der Waals surface area contributed by atoms with Crippen LogP contribution in [0.15, 0.2) is 52.4 Å². The Morgan fingerprint density at radius 3 is 2.77 bits per heavy atom. The van der Waals surface area contributed by atoms with Crippen LogP contribution in [-0.2, 0) is 16.1 Å². The van der Waals surface area contributed by atoms with Crippen molar-refractivity contribution in [2.24, 2.45) is 0 Å². The van der Waals surface area contributed by atoms with Crippen molar-refractivity contribution < 1.29 is 9.53 Å². The number of amides is 1. The van der Waals surface area contributed by atoms with Gasteiger partial charge in [-0.2, -0.15) is 0 Å². The van der Waals surface area contributed by atoms with Crippen molar-refractivity contribution in [2.75, 3.05) is 24.3 Å².